The van der Waals surface area contributed by atoms with Crippen molar-refractivity contribution in [2.75, 3.05) is 39.9 Å². The van der Waals surface area contributed by atoms with E-state index in [-0.39, 0.29) is 18.5 Å². The first-order chi connectivity index (χ1) is 9.26. The second-order valence-corrected chi connectivity index (χ2v) is 4.70. The van der Waals surface area contributed by atoms with Crippen molar-refractivity contribution in [2.24, 2.45) is 0 Å². The molecule has 1 aliphatic rings. The molecule has 0 radical (unpaired) electrons. The fraction of sp³-hybridized carbons (Fsp3) is 0.571. The number of methoxy groups -OCH3 is 1. The van der Waals surface area contributed by atoms with Crippen LogP contribution in [0, 0.1) is 5.82 Å². The van der Waals surface area contributed by atoms with E-state index in [1.54, 1.807) is 12.1 Å². The Morgan fingerprint density at radius 2 is 2.16 bits per heavy atom. The number of nitrogens with one attached hydrogen (secondary N) is 1. The highest BCUT2D eigenvalue weighted by atomic mass is 19.1. The zero-order valence-corrected chi connectivity index (χ0v) is 11.2. The van der Waals surface area contributed by atoms with Crippen LogP contribution in [-0.2, 0) is 0 Å². The smallest absolute Gasteiger partial charge is 0.131 e. The number of benzene rings is 1. The normalized spacial score (nSPS) is 18.3. The van der Waals surface area contributed by atoms with E-state index in [9.17, 15) is 9.50 Å². The molecule has 1 heterocycles. The fourth-order valence-corrected chi connectivity index (χ4v) is 2.56. The number of aliphatic hydroxyl groups is 1. The summed E-state index contributed by atoms with van der Waals surface area (Å²) in [6.45, 7) is 3.60. The van der Waals surface area contributed by atoms with Crippen molar-refractivity contribution in [3.63, 3.8) is 0 Å². The summed E-state index contributed by atoms with van der Waals surface area (Å²) in [5.74, 6) is 0.251. The van der Waals surface area contributed by atoms with E-state index in [0.717, 1.165) is 26.2 Å². The lowest BCUT2D eigenvalue weighted by Gasteiger charge is -2.35. The maximum absolute atomic E-state index is 14.2. The van der Waals surface area contributed by atoms with Crippen LogP contribution in [0.3, 0.4) is 0 Å². The van der Waals surface area contributed by atoms with Crippen molar-refractivity contribution in [3.05, 3.63) is 29.6 Å². The molecule has 1 fully saturated rings. The van der Waals surface area contributed by atoms with Gasteiger partial charge >= 0.3 is 0 Å². The number of halogens is 1. The van der Waals surface area contributed by atoms with E-state index in [4.69, 9.17) is 4.74 Å². The maximum Gasteiger partial charge on any atom is 0.131 e. The van der Waals surface area contributed by atoms with Gasteiger partial charge in [-0.1, -0.05) is 6.07 Å². The molecule has 0 spiro atoms. The van der Waals surface area contributed by atoms with Gasteiger partial charge in [-0.2, -0.15) is 0 Å². The average Bonchev–Trinajstić information content (AvgIpc) is 2.46. The minimum Gasteiger partial charge on any atom is -0.497 e. The van der Waals surface area contributed by atoms with Crippen LogP contribution in [0.15, 0.2) is 18.2 Å². The van der Waals surface area contributed by atoms with E-state index in [1.807, 2.05) is 0 Å². The monoisotopic (exact) mass is 268 g/mol. The molecule has 19 heavy (non-hydrogen) atoms. The largest absolute Gasteiger partial charge is 0.497 e. The highest BCUT2D eigenvalue weighted by Gasteiger charge is 2.24. The molecule has 4 nitrogen and oxygen atoms in total. The average molecular weight is 268 g/mol. The molecule has 1 atom stereocenters. The summed E-state index contributed by atoms with van der Waals surface area (Å²) in [6.07, 6.45) is 0.545. The van der Waals surface area contributed by atoms with Crippen molar-refractivity contribution in [3.8, 4) is 5.75 Å². The Hall–Kier alpha value is -1.17. The summed E-state index contributed by atoms with van der Waals surface area (Å²) in [5.41, 5.74) is 0.636. The van der Waals surface area contributed by atoms with Gasteiger partial charge in [-0.15, -0.1) is 0 Å². The van der Waals surface area contributed by atoms with Gasteiger partial charge in [0.15, 0.2) is 0 Å². The molecule has 1 saturated heterocycles. The van der Waals surface area contributed by atoms with Gasteiger partial charge in [-0.3, -0.25) is 4.90 Å². The Bertz CT molecular complexity index is 408. The molecule has 1 aliphatic heterocycles. The van der Waals surface area contributed by atoms with Crippen LogP contribution < -0.4 is 10.1 Å². The highest BCUT2D eigenvalue weighted by molar-refractivity contribution is 5.31. The molecule has 2 N–H and O–H groups in total. The molecule has 2 rings (SSSR count). The number of nitrogens with zero attached hydrogens (tertiary/aromatic N) is 1. The Morgan fingerprint density at radius 3 is 2.74 bits per heavy atom. The Kier molecular flexibility index (Phi) is 5.13. The lowest BCUT2D eigenvalue weighted by atomic mass is 10.0. The van der Waals surface area contributed by atoms with Crippen LogP contribution in [0.2, 0.25) is 0 Å². The van der Waals surface area contributed by atoms with Crippen LogP contribution in [0.25, 0.3) is 0 Å². The molecule has 0 bridgehead atoms. The Morgan fingerprint density at radius 1 is 1.42 bits per heavy atom. The molecule has 1 aromatic rings. The van der Waals surface area contributed by atoms with E-state index < -0.39 is 0 Å². The molecule has 0 amide bonds. The van der Waals surface area contributed by atoms with Gasteiger partial charge in [-0.05, 0) is 12.5 Å². The van der Waals surface area contributed by atoms with Crippen LogP contribution in [0.5, 0.6) is 5.75 Å². The van der Waals surface area contributed by atoms with Crippen LogP contribution >= 0.6 is 0 Å². The van der Waals surface area contributed by atoms with Gasteiger partial charge < -0.3 is 15.2 Å². The van der Waals surface area contributed by atoms with E-state index >= 15 is 0 Å². The fourth-order valence-electron chi connectivity index (χ4n) is 2.56. The number of piperazine rings is 1. The molecule has 0 saturated carbocycles. The lowest BCUT2D eigenvalue weighted by Crippen LogP contribution is -2.45. The minimum absolute atomic E-state index is 0.0556. The zero-order valence-electron chi connectivity index (χ0n) is 11.2. The van der Waals surface area contributed by atoms with Gasteiger partial charge in [0.1, 0.15) is 11.6 Å². The van der Waals surface area contributed by atoms with Crippen molar-refractivity contribution < 1.29 is 14.2 Å². The minimum atomic E-state index is -0.267. The van der Waals surface area contributed by atoms with Crippen LogP contribution in [0.4, 0.5) is 4.39 Å². The predicted molar refractivity (Wildman–Crippen MR) is 71.8 cm³/mol. The molecule has 0 aromatic heterocycles. The number of rotatable bonds is 5. The van der Waals surface area contributed by atoms with Crippen LogP contribution in [-0.4, -0.2) is 49.9 Å². The molecule has 106 valence electrons. The number of aliphatic hydroxyl groups excluding tert-OH is 1. The summed E-state index contributed by atoms with van der Waals surface area (Å²) in [7, 11) is 1.52. The first-order valence-electron chi connectivity index (χ1n) is 6.65. The van der Waals surface area contributed by atoms with Crippen molar-refractivity contribution in [1.29, 1.82) is 0 Å². The maximum atomic E-state index is 14.2. The van der Waals surface area contributed by atoms with Gasteiger partial charge in [0.05, 0.1) is 7.11 Å². The third kappa shape index (κ3) is 3.43. The topological polar surface area (TPSA) is 44.7 Å². The molecule has 5 heteroatoms. The van der Waals surface area contributed by atoms with E-state index in [0.29, 0.717) is 17.7 Å². The summed E-state index contributed by atoms with van der Waals surface area (Å²) in [4.78, 5) is 2.22. The van der Waals surface area contributed by atoms with Gasteiger partial charge in [0.25, 0.3) is 0 Å². The molecule has 1 aromatic carbocycles. The second-order valence-electron chi connectivity index (χ2n) is 4.70. The van der Waals surface area contributed by atoms with Gasteiger partial charge in [0.2, 0.25) is 0 Å². The second kappa shape index (κ2) is 6.84. The summed E-state index contributed by atoms with van der Waals surface area (Å²) >= 11 is 0. The molecular weight excluding hydrogens is 247 g/mol. The first kappa shape index (κ1) is 14.2. The number of ether oxygens (including phenoxy) is 1. The predicted octanol–water partition coefficient (Wildman–Crippen LogP) is 1.16. The first-order valence-corrected chi connectivity index (χ1v) is 6.65. The van der Waals surface area contributed by atoms with Crippen molar-refractivity contribution in [2.45, 2.75) is 12.5 Å². The molecule has 0 aliphatic carbocycles. The zero-order chi connectivity index (χ0) is 13.7. The lowest BCUT2D eigenvalue weighted by molar-refractivity contribution is 0.138. The third-order valence-corrected chi connectivity index (χ3v) is 3.56. The number of hydrogen-bond acceptors (Lipinski definition) is 4. The Balaban J connectivity index is 2.22. The third-order valence-electron chi connectivity index (χ3n) is 3.56. The molecular formula is C14H21FN2O2. The quantitative estimate of drug-likeness (QED) is 0.841. The van der Waals surface area contributed by atoms with E-state index in [2.05, 4.69) is 10.2 Å². The van der Waals surface area contributed by atoms with Crippen molar-refractivity contribution >= 4 is 0 Å². The summed E-state index contributed by atoms with van der Waals surface area (Å²) < 4.78 is 19.2. The van der Waals surface area contributed by atoms with Crippen LogP contribution in [0.1, 0.15) is 18.0 Å². The summed E-state index contributed by atoms with van der Waals surface area (Å²) in [6, 6.07) is 4.86. The SMILES string of the molecule is COc1ccc([C@@H](CCO)N2CCNCC2)c(F)c1. The van der Waals surface area contributed by atoms with Gasteiger partial charge in [0, 0.05) is 50.5 Å². The molecule has 0 unspecified atom stereocenters. The number of hydrogen-bond donors (Lipinski definition) is 2. The highest BCUT2D eigenvalue weighted by Crippen LogP contribution is 2.28. The summed E-state index contributed by atoms with van der Waals surface area (Å²) in [5, 5.41) is 12.5. The van der Waals surface area contributed by atoms with E-state index in [1.165, 1.54) is 13.2 Å². The Labute approximate surface area is 113 Å². The van der Waals surface area contributed by atoms with Crippen molar-refractivity contribution in [1.82, 2.24) is 10.2 Å². The van der Waals surface area contributed by atoms with Gasteiger partial charge in [-0.25, -0.2) is 4.39 Å². The standard InChI is InChI=1S/C14H21FN2O2/c1-19-11-2-3-12(13(15)10-11)14(4-9-18)17-7-5-16-6-8-17/h2-3,10,14,16,18H,4-9H2,1H3/t14-/m1/s1.